The number of nitrogens with zero attached hydrogens (tertiary/aromatic N) is 2. The van der Waals surface area contributed by atoms with E-state index in [1.54, 1.807) is 0 Å². The third kappa shape index (κ3) is 3.98. The Kier molecular flexibility index (Phi) is 4.47. The Hall–Kier alpha value is -1.14. The molecular formula is C14H23N3. The summed E-state index contributed by atoms with van der Waals surface area (Å²) in [5.74, 6) is 0.338. The number of aliphatic imine (C=N–C) groups is 1. The minimum atomic E-state index is -0.0745. The Balaban J connectivity index is 2.50. The number of rotatable bonds is 4. The predicted molar refractivity (Wildman–Crippen MR) is 72.1 cm³/mol. The van der Waals surface area contributed by atoms with Gasteiger partial charge in [-0.3, -0.25) is 10.3 Å². The van der Waals surface area contributed by atoms with E-state index in [2.05, 4.69) is 57.1 Å². The van der Waals surface area contributed by atoms with Crippen LogP contribution in [0.3, 0.4) is 0 Å². The molecule has 3 heteroatoms. The maximum absolute atomic E-state index is 8.99. The van der Waals surface area contributed by atoms with Crippen LogP contribution >= 0.6 is 0 Å². The summed E-state index contributed by atoms with van der Waals surface area (Å²) in [7, 11) is 0. The van der Waals surface area contributed by atoms with Crippen molar-refractivity contribution in [1.29, 1.82) is 5.26 Å². The van der Waals surface area contributed by atoms with Gasteiger partial charge in [0.25, 0.3) is 0 Å². The zero-order valence-corrected chi connectivity index (χ0v) is 11.5. The summed E-state index contributed by atoms with van der Waals surface area (Å²) in [6.45, 7) is 12.2. The monoisotopic (exact) mass is 233 g/mol. The second kappa shape index (κ2) is 5.46. The average molecular weight is 233 g/mol. The van der Waals surface area contributed by atoms with Crippen LogP contribution in [0.15, 0.2) is 16.6 Å². The highest BCUT2D eigenvalue weighted by atomic mass is 14.9. The van der Waals surface area contributed by atoms with Crippen LogP contribution in [0.1, 0.15) is 34.6 Å². The minimum Gasteiger partial charge on any atom is -0.298 e. The molecule has 0 aliphatic carbocycles. The first kappa shape index (κ1) is 13.9. The average Bonchev–Trinajstić information content (AvgIpc) is 2.66. The van der Waals surface area contributed by atoms with Gasteiger partial charge in [-0.2, -0.15) is 5.26 Å². The molecule has 0 spiro atoms. The Morgan fingerprint density at radius 2 is 2.12 bits per heavy atom. The van der Waals surface area contributed by atoms with Gasteiger partial charge in [0.2, 0.25) is 0 Å². The van der Waals surface area contributed by atoms with Crippen LogP contribution in [-0.4, -0.2) is 24.8 Å². The van der Waals surface area contributed by atoms with Crippen LogP contribution in [0.2, 0.25) is 0 Å². The van der Waals surface area contributed by atoms with Gasteiger partial charge in [0.1, 0.15) is 0 Å². The molecule has 17 heavy (non-hydrogen) atoms. The number of nitriles is 1. The van der Waals surface area contributed by atoms with Crippen molar-refractivity contribution in [3.8, 4) is 6.07 Å². The predicted octanol–water partition coefficient (Wildman–Crippen LogP) is 2.55. The van der Waals surface area contributed by atoms with Gasteiger partial charge in [0, 0.05) is 17.7 Å². The molecule has 0 saturated carbocycles. The fourth-order valence-corrected chi connectivity index (χ4v) is 1.70. The fraction of sp³-hybridized carbons (Fsp3) is 0.714. The number of allylic oxidation sites excluding steroid dienone is 1. The standard InChI is InChI=1S/C14H23N3/c1-10(2)12(7-15)16-8-11-6-13(17-9-11)14(3,4)5/h6,10,12,16H,8-9H2,1-5H3. The quantitative estimate of drug-likeness (QED) is 0.811. The van der Waals surface area contributed by atoms with Crippen molar-refractivity contribution in [2.24, 2.45) is 16.3 Å². The number of hydrogen-bond acceptors (Lipinski definition) is 3. The fourth-order valence-electron chi connectivity index (χ4n) is 1.70. The summed E-state index contributed by atoms with van der Waals surface area (Å²) < 4.78 is 0. The van der Waals surface area contributed by atoms with Crippen molar-refractivity contribution >= 4 is 5.71 Å². The van der Waals surface area contributed by atoms with E-state index in [9.17, 15) is 0 Å². The molecule has 0 bridgehead atoms. The highest BCUT2D eigenvalue weighted by Gasteiger charge is 2.21. The minimum absolute atomic E-state index is 0.0745. The summed E-state index contributed by atoms with van der Waals surface area (Å²) in [5.41, 5.74) is 2.55. The molecule has 0 aromatic heterocycles. The molecule has 0 aromatic rings. The normalized spacial score (nSPS) is 17.7. The van der Waals surface area contributed by atoms with Crippen LogP contribution in [0.25, 0.3) is 0 Å². The Bertz CT molecular complexity index is 364. The zero-order valence-electron chi connectivity index (χ0n) is 11.5. The lowest BCUT2D eigenvalue weighted by atomic mass is 9.90. The van der Waals surface area contributed by atoms with Crippen molar-refractivity contribution in [2.45, 2.75) is 40.7 Å². The van der Waals surface area contributed by atoms with Crippen molar-refractivity contribution in [1.82, 2.24) is 5.32 Å². The first-order valence-electron chi connectivity index (χ1n) is 6.22. The van der Waals surface area contributed by atoms with Crippen LogP contribution < -0.4 is 5.32 Å². The zero-order chi connectivity index (χ0) is 13.1. The molecule has 1 N–H and O–H groups in total. The lowest BCUT2D eigenvalue weighted by Crippen LogP contribution is -2.34. The summed E-state index contributed by atoms with van der Waals surface area (Å²) >= 11 is 0. The lowest BCUT2D eigenvalue weighted by Gasteiger charge is -2.16. The van der Waals surface area contributed by atoms with Crippen molar-refractivity contribution < 1.29 is 0 Å². The van der Waals surface area contributed by atoms with Crippen LogP contribution in [0, 0.1) is 22.7 Å². The molecule has 1 rings (SSSR count). The number of nitrogens with one attached hydrogen (secondary N) is 1. The van der Waals surface area contributed by atoms with E-state index < -0.39 is 0 Å². The summed E-state index contributed by atoms with van der Waals surface area (Å²) in [6, 6.07) is 2.22. The summed E-state index contributed by atoms with van der Waals surface area (Å²) in [4.78, 5) is 4.54. The van der Waals surface area contributed by atoms with E-state index >= 15 is 0 Å². The van der Waals surface area contributed by atoms with E-state index in [1.807, 2.05) is 0 Å². The van der Waals surface area contributed by atoms with Crippen LogP contribution in [0.5, 0.6) is 0 Å². The second-order valence-electron chi connectivity index (χ2n) is 5.99. The first-order chi connectivity index (χ1) is 7.84. The molecule has 0 saturated heterocycles. The first-order valence-corrected chi connectivity index (χ1v) is 6.22. The topological polar surface area (TPSA) is 48.2 Å². The number of hydrogen-bond donors (Lipinski definition) is 1. The lowest BCUT2D eigenvalue weighted by molar-refractivity contribution is 0.488. The molecule has 0 aromatic carbocycles. The van der Waals surface area contributed by atoms with Gasteiger partial charge in [-0.15, -0.1) is 0 Å². The molecule has 1 aliphatic heterocycles. The van der Waals surface area contributed by atoms with Gasteiger partial charge in [0.15, 0.2) is 0 Å². The van der Waals surface area contributed by atoms with E-state index in [0.717, 1.165) is 18.8 Å². The van der Waals surface area contributed by atoms with Gasteiger partial charge in [-0.05, 0) is 17.6 Å². The molecule has 0 amide bonds. The Morgan fingerprint density at radius 1 is 1.47 bits per heavy atom. The van der Waals surface area contributed by atoms with Gasteiger partial charge in [-0.25, -0.2) is 0 Å². The molecule has 3 nitrogen and oxygen atoms in total. The molecular weight excluding hydrogens is 210 g/mol. The highest BCUT2D eigenvalue weighted by molar-refractivity contribution is 6.01. The van der Waals surface area contributed by atoms with E-state index in [0.29, 0.717) is 5.92 Å². The Labute approximate surface area is 105 Å². The summed E-state index contributed by atoms with van der Waals surface area (Å²) in [6.07, 6.45) is 2.17. The SMILES string of the molecule is CC(C)C(C#N)NCC1=CC(C(C)(C)C)=NC1. The van der Waals surface area contributed by atoms with Crippen molar-refractivity contribution in [2.75, 3.05) is 13.1 Å². The largest absolute Gasteiger partial charge is 0.298 e. The summed E-state index contributed by atoms with van der Waals surface area (Å²) in [5, 5.41) is 12.3. The third-order valence-electron chi connectivity index (χ3n) is 2.92. The molecule has 0 radical (unpaired) electrons. The van der Waals surface area contributed by atoms with Gasteiger partial charge in [0.05, 0.1) is 18.7 Å². The molecule has 0 fully saturated rings. The Morgan fingerprint density at radius 3 is 2.53 bits per heavy atom. The molecule has 1 aliphatic rings. The van der Waals surface area contributed by atoms with Crippen molar-refractivity contribution in [3.63, 3.8) is 0 Å². The molecule has 1 atom stereocenters. The van der Waals surface area contributed by atoms with E-state index in [-0.39, 0.29) is 11.5 Å². The molecule has 1 unspecified atom stereocenters. The van der Waals surface area contributed by atoms with Crippen LogP contribution in [-0.2, 0) is 0 Å². The second-order valence-corrected chi connectivity index (χ2v) is 5.99. The smallest absolute Gasteiger partial charge is 0.0978 e. The molecule has 94 valence electrons. The van der Waals surface area contributed by atoms with Gasteiger partial charge >= 0.3 is 0 Å². The van der Waals surface area contributed by atoms with E-state index in [1.165, 1.54) is 5.57 Å². The van der Waals surface area contributed by atoms with E-state index in [4.69, 9.17) is 5.26 Å². The third-order valence-corrected chi connectivity index (χ3v) is 2.92. The maximum Gasteiger partial charge on any atom is 0.0978 e. The van der Waals surface area contributed by atoms with Gasteiger partial charge in [-0.1, -0.05) is 34.6 Å². The van der Waals surface area contributed by atoms with Gasteiger partial charge < -0.3 is 0 Å². The highest BCUT2D eigenvalue weighted by Crippen LogP contribution is 2.22. The molecule has 1 heterocycles. The van der Waals surface area contributed by atoms with Crippen LogP contribution in [0.4, 0.5) is 0 Å². The van der Waals surface area contributed by atoms with Crippen molar-refractivity contribution in [3.05, 3.63) is 11.6 Å². The maximum atomic E-state index is 8.99.